The molecule has 0 saturated carbocycles. The molecule has 1 rings (SSSR count). The highest BCUT2D eigenvalue weighted by Crippen LogP contribution is 2.11. The molecule has 0 aliphatic rings. The number of hydrogen-bond acceptors (Lipinski definition) is 4. The molecule has 1 aromatic carbocycles. The number of nitriles is 1. The van der Waals surface area contributed by atoms with Crippen molar-refractivity contribution in [3.05, 3.63) is 34.9 Å². The molecule has 0 aliphatic heterocycles. The Morgan fingerprint density at radius 2 is 2.11 bits per heavy atom. The van der Waals surface area contributed by atoms with E-state index >= 15 is 0 Å². The molecule has 0 radical (unpaired) electrons. The first-order chi connectivity index (χ1) is 9.04. The Morgan fingerprint density at radius 1 is 1.37 bits per heavy atom. The molecule has 0 bridgehead atoms. The summed E-state index contributed by atoms with van der Waals surface area (Å²) in [5.41, 5.74) is 2.22. The van der Waals surface area contributed by atoms with Crippen molar-refractivity contribution in [2.45, 2.75) is 20.3 Å². The van der Waals surface area contributed by atoms with Gasteiger partial charge in [-0.25, -0.2) is 4.79 Å². The Hall–Kier alpha value is -2.35. The van der Waals surface area contributed by atoms with Crippen LogP contribution in [0.15, 0.2) is 18.2 Å². The minimum Gasteiger partial charge on any atom is -0.452 e. The van der Waals surface area contributed by atoms with Crippen LogP contribution in [-0.4, -0.2) is 25.0 Å². The summed E-state index contributed by atoms with van der Waals surface area (Å²) in [5.74, 6) is -0.925. The second kappa shape index (κ2) is 7.17. The molecule has 0 spiro atoms. The molecule has 0 fully saturated rings. The van der Waals surface area contributed by atoms with Gasteiger partial charge in [0.1, 0.15) is 0 Å². The van der Waals surface area contributed by atoms with E-state index in [1.807, 2.05) is 32.0 Å². The lowest BCUT2D eigenvalue weighted by molar-refractivity contribution is -0.124. The Morgan fingerprint density at radius 3 is 2.79 bits per heavy atom. The quantitative estimate of drug-likeness (QED) is 0.642. The van der Waals surface area contributed by atoms with E-state index in [1.54, 1.807) is 6.07 Å². The normalized spacial score (nSPS) is 9.53. The molecule has 19 heavy (non-hydrogen) atoms. The first-order valence-electron chi connectivity index (χ1n) is 5.92. The average Bonchev–Trinajstić information content (AvgIpc) is 2.39. The van der Waals surface area contributed by atoms with Gasteiger partial charge in [0.25, 0.3) is 5.91 Å². The third-order valence-electron chi connectivity index (χ3n) is 2.51. The number of ether oxygens (including phenoxy) is 1. The zero-order valence-corrected chi connectivity index (χ0v) is 11.0. The van der Waals surface area contributed by atoms with Crippen LogP contribution in [0.25, 0.3) is 0 Å². The van der Waals surface area contributed by atoms with E-state index in [1.165, 1.54) is 0 Å². The highest BCUT2D eigenvalue weighted by atomic mass is 16.5. The topological polar surface area (TPSA) is 79.2 Å². The number of carbonyl (C=O) groups excluding carboxylic acids is 2. The summed E-state index contributed by atoms with van der Waals surface area (Å²) in [6.07, 6.45) is 0.233. The SMILES string of the molecule is Cc1ccc(C)c(C(=O)OCC(=O)NCCC#N)c1. The first kappa shape index (κ1) is 14.7. The number of carbonyl (C=O) groups is 2. The smallest absolute Gasteiger partial charge is 0.338 e. The van der Waals surface area contributed by atoms with E-state index in [-0.39, 0.29) is 19.6 Å². The molecule has 0 unspecified atom stereocenters. The number of amides is 1. The number of nitrogens with one attached hydrogen (secondary N) is 1. The van der Waals surface area contributed by atoms with Crippen LogP contribution in [0.1, 0.15) is 27.9 Å². The fraction of sp³-hybridized carbons (Fsp3) is 0.357. The van der Waals surface area contributed by atoms with Crippen LogP contribution in [-0.2, 0) is 9.53 Å². The molecular formula is C14H16N2O3. The lowest BCUT2D eigenvalue weighted by Crippen LogP contribution is -2.29. The van der Waals surface area contributed by atoms with Gasteiger partial charge in [0, 0.05) is 6.54 Å². The molecule has 0 heterocycles. The third-order valence-corrected chi connectivity index (χ3v) is 2.51. The fourth-order valence-electron chi connectivity index (χ4n) is 1.47. The van der Waals surface area contributed by atoms with Crippen molar-refractivity contribution in [3.8, 4) is 6.07 Å². The largest absolute Gasteiger partial charge is 0.452 e. The summed E-state index contributed by atoms with van der Waals surface area (Å²) in [6.45, 7) is 3.61. The molecule has 0 aromatic heterocycles. The maximum absolute atomic E-state index is 11.8. The van der Waals surface area contributed by atoms with E-state index in [0.29, 0.717) is 5.56 Å². The van der Waals surface area contributed by atoms with E-state index < -0.39 is 11.9 Å². The molecule has 1 aromatic rings. The lowest BCUT2D eigenvalue weighted by atomic mass is 10.1. The first-order valence-corrected chi connectivity index (χ1v) is 5.92. The van der Waals surface area contributed by atoms with E-state index in [4.69, 9.17) is 10.00 Å². The van der Waals surface area contributed by atoms with Crippen LogP contribution in [0.3, 0.4) is 0 Å². The molecule has 5 heteroatoms. The van der Waals surface area contributed by atoms with Crippen LogP contribution >= 0.6 is 0 Å². The molecule has 1 amide bonds. The zero-order valence-electron chi connectivity index (χ0n) is 11.0. The monoisotopic (exact) mass is 260 g/mol. The number of benzene rings is 1. The highest BCUT2D eigenvalue weighted by Gasteiger charge is 2.12. The number of esters is 1. The van der Waals surface area contributed by atoms with Gasteiger partial charge in [0.2, 0.25) is 0 Å². The van der Waals surface area contributed by atoms with Crippen LogP contribution < -0.4 is 5.32 Å². The van der Waals surface area contributed by atoms with Gasteiger partial charge < -0.3 is 10.1 Å². The van der Waals surface area contributed by atoms with Crippen molar-refractivity contribution in [1.29, 1.82) is 5.26 Å². The van der Waals surface area contributed by atoms with Crippen LogP contribution in [0, 0.1) is 25.2 Å². The minimum absolute atomic E-state index is 0.233. The molecule has 0 atom stereocenters. The number of rotatable bonds is 5. The maximum atomic E-state index is 11.8. The Labute approximate surface area is 112 Å². The van der Waals surface area contributed by atoms with Gasteiger partial charge >= 0.3 is 5.97 Å². The van der Waals surface area contributed by atoms with E-state index in [9.17, 15) is 9.59 Å². The fourth-order valence-corrected chi connectivity index (χ4v) is 1.47. The summed E-state index contributed by atoms with van der Waals surface area (Å²) in [4.78, 5) is 23.1. The van der Waals surface area contributed by atoms with Crippen molar-refractivity contribution in [2.75, 3.05) is 13.2 Å². The van der Waals surface area contributed by atoms with Gasteiger partial charge in [-0.05, 0) is 25.5 Å². The van der Waals surface area contributed by atoms with Crippen molar-refractivity contribution in [3.63, 3.8) is 0 Å². The number of nitrogens with zero attached hydrogens (tertiary/aromatic N) is 1. The Kier molecular flexibility index (Phi) is 5.55. The predicted octanol–water partition coefficient (Wildman–Crippen LogP) is 1.49. The lowest BCUT2D eigenvalue weighted by Gasteiger charge is -2.08. The van der Waals surface area contributed by atoms with Gasteiger partial charge in [0.15, 0.2) is 6.61 Å². The summed E-state index contributed by atoms with van der Waals surface area (Å²) in [6, 6.07) is 7.37. The minimum atomic E-state index is -0.517. The Balaban J connectivity index is 2.49. The molecular weight excluding hydrogens is 244 g/mol. The van der Waals surface area contributed by atoms with E-state index in [2.05, 4.69) is 5.32 Å². The highest BCUT2D eigenvalue weighted by molar-refractivity contribution is 5.92. The summed E-state index contributed by atoms with van der Waals surface area (Å²) < 4.78 is 4.92. The second-order valence-electron chi connectivity index (χ2n) is 4.15. The maximum Gasteiger partial charge on any atom is 0.338 e. The van der Waals surface area contributed by atoms with E-state index in [0.717, 1.165) is 11.1 Å². The summed E-state index contributed by atoms with van der Waals surface area (Å²) in [5, 5.41) is 10.8. The van der Waals surface area contributed by atoms with Gasteiger partial charge in [0.05, 0.1) is 18.1 Å². The average molecular weight is 260 g/mol. The van der Waals surface area contributed by atoms with Crippen LogP contribution in [0.5, 0.6) is 0 Å². The molecule has 1 N–H and O–H groups in total. The van der Waals surface area contributed by atoms with Crippen LogP contribution in [0.4, 0.5) is 0 Å². The van der Waals surface area contributed by atoms with Crippen molar-refractivity contribution in [2.24, 2.45) is 0 Å². The van der Waals surface area contributed by atoms with Crippen molar-refractivity contribution < 1.29 is 14.3 Å². The number of aryl methyl sites for hydroxylation is 2. The van der Waals surface area contributed by atoms with Crippen molar-refractivity contribution in [1.82, 2.24) is 5.32 Å². The van der Waals surface area contributed by atoms with Gasteiger partial charge in [-0.1, -0.05) is 17.7 Å². The van der Waals surface area contributed by atoms with Gasteiger partial charge in [-0.2, -0.15) is 5.26 Å². The van der Waals surface area contributed by atoms with Gasteiger partial charge in [-0.3, -0.25) is 4.79 Å². The Bertz CT molecular complexity index is 518. The zero-order chi connectivity index (χ0) is 14.3. The predicted molar refractivity (Wildman–Crippen MR) is 69.4 cm³/mol. The molecule has 0 aliphatic carbocycles. The third kappa shape index (κ3) is 4.80. The van der Waals surface area contributed by atoms with Crippen LogP contribution in [0.2, 0.25) is 0 Å². The second-order valence-corrected chi connectivity index (χ2v) is 4.15. The molecule has 5 nitrogen and oxygen atoms in total. The molecule has 0 saturated heterocycles. The standard InChI is InChI=1S/C14H16N2O3/c1-10-4-5-11(2)12(8-10)14(18)19-9-13(17)16-7-3-6-15/h4-5,8H,3,7,9H2,1-2H3,(H,16,17). The van der Waals surface area contributed by atoms with Crippen molar-refractivity contribution >= 4 is 11.9 Å². The van der Waals surface area contributed by atoms with Gasteiger partial charge in [-0.15, -0.1) is 0 Å². The summed E-state index contributed by atoms with van der Waals surface area (Å²) in [7, 11) is 0. The number of hydrogen-bond donors (Lipinski definition) is 1. The molecule has 100 valence electrons. The summed E-state index contributed by atoms with van der Waals surface area (Å²) >= 11 is 0.